The molecule has 0 saturated heterocycles. The SMILES string of the molecule is Oc1c(Cl)ccc(Cl)c1-c1ccccc1. The van der Waals surface area contributed by atoms with Crippen LogP contribution < -0.4 is 0 Å². The van der Waals surface area contributed by atoms with Gasteiger partial charge in [0.1, 0.15) is 5.75 Å². The van der Waals surface area contributed by atoms with Crippen LogP contribution in [0.5, 0.6) is 5.75 Å². The van der Waals surface area contributed by atoms with E-state index < -0.39 is 0 Å². The van der Waals surface area contributed by atoms with E-state index in [1.807, 2.05) is 30.3 Å². The molecule has 0 fully saturated rings. The summed E-state index contributed by atoms with van der Waals surface area (Å²) in [5.41, 5.74) is 1.42. The Bertz CT molecular complexity index is 480. The van der Waals surface area contributed by atoms with Crippen molar-refractivity contribution in [2.45, 2.75) is 0 Å². The number of rotatable bonds is 1. The van der Waals surface area contributed by atoms with E-state index in [4.69, 9.17) is 23.2 Å². The zero-order valence-electron chi connectivity index (χ0n) is 7.74. The summed E-state index contributed by atoms with van der Waals surface area (Å²) in [5.74, 6) is 0.0235. The molecule has 0 unspecified atom stereocenters. The second-order valence-corrected chi connectivity index (χ2v) is 3.93. The maximum atomic E-state index is 9.82. The van der Waals surface area contributed by atoms with Crippen molar-refractivity contribution in [1.29, 1.82) is 0 Å². The Kier molecular flexibility index (Phi) is 2.85. The van der Waals surface area contributed by atoms with Crippen LogP contribution in [0, 0.1) is 0 Å². The Labute approximate surface area is 97.9 Å². The molecule has 0 aliphatic rings. The zero-order valence-corrected chi connectivity index (χ0v) is 9.26. The highest BCUT2D eigenvalue weighted by molar-refractivity contribution is 6.36. The molecule has 0 atom stereocenters. The lowest BCUT2D eigenvalue weighted by molar-refractivity contribution is 0.477. The van der Waals surface area contributed by atoms with E-state index in [1.54, 1.807) is 12.1 Å². The van der Waals surface area contributed by atoms with E-state index in [1.165, 1.54) is 0 Å². The Morgan fingerprint density at radius 3 is 2.07 bits per heavy atom. The zero-order chi connectivity index (χ0) is 10.8. The molecule has 0 radical (unpaired) electrons. The first-order valence-electron chi connectivity index (χ1n) is 4.42. The average molecular weight is 239 g/mol. The summed E-state index contributed by atoms with van der Waals surface area (Å²) < 4.78 is 0. The molecule has 0 aromatic heterocycles. The van der Waals surface area contributed by atoms with Crippen molar-refractivity contribution in [3.63, 3.8) is 0 Å². The highest BCUT2D eigenvalue weighted by Gasteiger charge is 2.11. The summed E-state index contributed by atoms with van der Waals surface area (Å²) in [6, 6.07) is 12.7. The third-order valence-corrected chi connectivity index (χ3v) is 2.76. The Hall–Kier alpha value is -1.18. The van der Waals surface area contributed by atoms with Crippen molar-refractivity contribution < 1.29 is 5.11 Å². The fraction of sp³-hybridized carbons (Fsp3) is 0. The van der Waals surface area contributed by atoms with Gasteiger partial charge in [0.15, 0.2) is 0 Å². The molecule has 0 bridgehead atoms. The predicted molar refractivity (Wildman–Crippen MR) is 63.6 cm³/mol. The summed E-state index contributed by atoms with van der Waals surface area (Å²) in [5, 5.41) is 10.6. The van der Waals surface area contributed by atoms with E-state index in [0.717, 1.165) is 5.56 Å². The molecule has 3 heteroatoms. The van der Waals surface area contributed by atoms with Gasteiger partial charge >= 0.3 is 0 Å². The van der Waals surface area contributed by atoms with Gasteiger partial charge in [0.05, 0.1) is 10.0 Å². The van der Waals surface area contributed by atoms with Crippen LogP contribution in [-0.4, -0.2) is 5.11 Å². The van der Waals surface area contributed by atoms with E-state index >= 15 is 0 Å². The lowest BCUT2D eigenvalue weighted by Gasteiger charge is -2.08. The molecule has 2 rings (SSSR count). The molecule has 15 heavy (non-hydrogen) atoms. The van der Waals surface area contributed by atoms with Gasteiger partial charge in [-0.1, -0.05) is 53.5 Å². The van der Waals surface area contributed by atoms with Crippen molar-refractivity contribution >= 4 is 23.2 Å². The Morgan fingerprint density at radius 2 is 1.40 bits per heavy atom. The summed E-state index contributed by atoms with van der Waals surface area (Å²) in [4.78, 5) is 0. The molecule has 0 saturated carbocycles. The van der Waals surface area contributed by atoms with Crippen molar-refractivity contribution in [1.82, 2.24) is 0 Å². The molecule has 0 aliphatic heterocycles. The Morgan fingerprint density at radius 1 is 0.800 bits per heavy atom. The van der Waals surface area contributed by atoms with Crippen LogP contribution in [0.3, 0.4) is 0 Å². The fourth-order valence-electron chi connectivity index (χ4n) is 1.42. The van der Waals surface area contributed by atoms with E-state index in [2.05, 4.69) is 0 Å². The van der Waals surface area contributed by atoms with Crippen LogP contribution in [0.2, 0.25) is 10.0 Å². The largest absolute Gasteiger partial charge is 0.506 e. The number of hydrogen-bond acceptors (Lipinski definition) is 1. The van der Waals surface area contributed by atoms with Gasteiger partial charge in [0, 0.05) is 5.56 Å². The summed E-state index contributed by atoms with van der Waals surface area (Å²) >= 11 is 11.8. The van der Waals surface area contributed by atoms with Crippen molar-refractivity contribution in [3.05, 3.63) is 52.5 Å². The van der Waals surface area contributed by atoms with Gasteiger partial charge < -0.3 is 5.11 Å². The summed E-state index contributed by atoms with van der Waals surface area (Å²) in [6.45, 7) is 0. The van der Waals surface area contributed by atoms with Gasteiger partial charge in [-0.25, -0.2) is 0 Å². The molecule has 0 spiro atoms. The smallest absolute Gasteiger partial charge is 0.143 e. The predicted octanol–water partition coefficient (Wildman–Crippen LogP) is 4.37. The van der Waals surface area contributed by atoms with Crippen LogP contribution in [0.25, 0.3) is 11.1 Å². The third-order valence-electron chi connectivity index (χ3n) is 2.14. The molecular weight excluding hydrogens is 231 g/mol. The standard InChI is InChI=1S/C12H8Cl2O/c13-9-6-7-10(14)12(15)11(9)8-4-2-1-3-5-8/h1-7,15H. The number of hydrogen-bond donors (Lipinski definition) is 1. The maximum Gasteiger partial charge on any atom is 0.143 e. The molecule has 2 aromatic carbocycles. The maximum absolute atomic E-state index is 9.82. The lowest BCUT2D eigenvalue weighted by Crippen LogP contribution is -1.81. The highest BCUT2D eigenvalue weighted by atomic mass is 35.5. The second kappa shape index (κ2) is 4.13. The lowest BCUT2D eigenvalue weighted by atomic mass is 10.0. The molecular formula is C12H8Cl2O. The molecule has 0 amide bonds. The molecule has 2 aromatic rings. The minimum absolute atomic E-state index is 0.0235. The quantitative estimate of drug-likeness (QED) is 0.783. The molecule has 1 nitrogen and oxygen atoms in total. The monoisotopic (exact) mass is 238 g/mol. The first kappa shape index (κ1) is 10.3. The first-order valence-corrected chi connectivity index (χ1v) is 5.18. The van der Waals surface area contributed by atoms with Gasteiger partial charge in [-0.15, -0.1) is 0 Å². The Balaban J connectivity index is 2.68. The van der Waals surface area contributed by atoms with Crippen LogP contribution in [0.4, 0.5) is 0 Å². The fourth-order valence-corrected chi connectivity index (χ4v) is 1.84. The van der Waals surface area contributed by atoms with Crippen LogP contribution in [0.1, 0.15) is 0 Å². The van der Waals surface area contributed by atoms with E-state index in [0.29, 0.717) is 15.6 Å². The second-order valence-electron chi connectivity index (χ2n) is 3.12. The van der Waals surface area contributed by atoms with Crippen molar-refractivity contribution in [2.75, 3.05) is 0 Å². The number of benzene rings is 2. The highest BCUT2D eigenvalue weighted by Crippen LogP contribution is 2.40. The van der Waals surface area contributed by atoms with Gasteiger partial charge in [-0.3, -0.25) is 0 Å². The molecule has 0 heterocycles. The van der Waals surface area contributed by atoms with Gasteiger partial charge in [-0.05, 0) is 17.7 Å². The molecule has 0 aliphatic carbocycles. The number of phenols is 1. The summed E-state index contributed by atoms with van der Waals surface area (Å²) in [7, 11) is 0. The van der Waals surface area contributed by atoms with E-state index in [9.17, 15) is 5.11 Å². The number of aromatic hydroxyl groups is 1. The first-order chi connectivity index (χ1) is 7.20. The van der Waals surface area contributed by atoms with Crippen molar-refractivity contribution in [2.24, 2.45) is 0 Å². The third kappa shape index (κ3) is 1.94. The summed E-state index contributed by atoms with van der Waals surface area (Å²) in [6.07, 6.45) is 0. The molecule has 76 valence electrons. The van der Waals surface area contributed by atoms with Gasteiger partial charge in [0.2, 0.25) is 0 Å². The van der Waals surface area contributed by atoms with Gasteiger partial charge in [-0.2, -0.15) is 0 Å². The number of halogens is 2. The van der Waals surface area contributed by atoms with Crippen LogP contribution in [0.15, 0.2) is 42.5 Å². The van der Waals surface area contributed by atoms with E-state index in [-0.39, 0.29) is 5.75 Å². The minimum atomic E-state index is 0.0235. The average Bonchev–Trinajstić information content (AvgIpc) is 2.26. The number of phenolic OH excluding ortho intramolecular Hbond substituents is 1. The minimum Gasteiger partial charge on any atom is -0.506 e. The topological polar surface area (TPSA) is 20.2 Å². The van der Waals surface area contributed by atoms with Crippen molar-refractivity contribution in [3.8, 4) is 16.9 Å². The van der Waals surface area contributed by atoms with Crippen LogP contribution in [-0.2, 0) is 0 Å². The normalized spacial score (nSPS) is 10.3. The van der Waals surface area contributed by atoms with Gasteiger partial charge in [0.25, 0.3) is 0 Å². The molecule has 1 N–H and O–H groups in total. The van der Waals surface area contributed by atoms with Crippen LogP contribution >= 0.6 is 23.2 Å².